The van der Waals surface area contributed by atoms with Crippen LogP contribution in [0.3, 0.4) is 0 Å². The Balaban J connectivity index is 1.66. The number of ether oxygens (including phenoxy) is 1. The van der Waals surface area contributed by atoms with E-state index in [4.69, 9.17) is 4.74 Å². The highest BCUT2D eigenvalue weighted by molar-refractivity contribution is 5.99. The molecule has 1 aromatic carbocycles. The molecule has 1 unspecified atom stereocenters. The Morgan fingerprint density at radius 2 is 2.04 bits per heavy atom. The van der Waals surface area contributed by atoms with Crippen LogP contribution >= 0.6 is 0 Å². The summed E-state index contributed by atoms with van der Waals surface area (Å²) in [7, 11) is 0. The van der Waals surface area contributed by atoms with Crippen LogP contribution in [0.15, 0.2) is 18.2 Å². The van der Waals surface area contributed by atoms with Crippen molar-refractivity contribution in [3.8, 4) is 0 Å². The standard InChI is InChI=1S/C21H29N3O4/c1-15-7-8-17(21(27)24-10-11-28-16(2)13-24)12-18(15)22-19(25)14-23-9-5-3-4-6-20(23)26/h7-8,12,16H,3-6,9-11,13-14H2,1-2H3,(H,22,25). The number of morpholine rings is 1. The van der Waals surface area contributed by atoms with Crippen molar-refractivity contribution in [2.24, 2.45) is 0 Å². The number of hydrogen-bond donors (Lipinski definition) is 1. The zero-order valence-electron chi connectivity index (χ0n) is 16.7. The van der Waals surface area contributed by atoms with Gasteiger partial charge in [0, 0.05) is 37.3 Å². The van der Waals surface area contributed by atoms with E-state index in [9.17, 15) is 14.4 Å². The molecular weight excluding hydrogens is 358 g/mol. The lowest BCUT2D eigenvalue weighted by Gasteiger charge is -2.31. The van der Waals surface area contributed by atoms with Crippen molar-refractivity contribution in [3.63, 3.8) is 0 Å². The van der Waals surface area contributed by atoms with Crippen molar-refractivity contribution < 1.29 is 19.1 Å². The second kappa shape index (κ2) is 9.19. The normalized spacial score (nSPS) is 20.6. The fourth-order valence-electron chi connectivity index (χ4n) is 3.64. The van der Waals surface area contributed by atoms with Crippen LogP contribution in [0.25, 0.3) is 0 Å². The van der Waals surface area contributed by atoms with Gasteiger partial charge in [-0.1, -0.05) is 12.5 Å². The topological polar surface area (TPSA) is 79.0 Å². The van der Waals surface area contributed by atoms with E-state index >= 15 is 0 Å². The van der Waals surface area contributed by atoms with E-state index in [-0.39, 0.29) is 30.4 Å². The fourth-order valence-corrected chi connectivity index (χ4v) is 3.64. The van der Waals surface area contributed by atoms with Crippen LogP contribution in [0, 0.1) is 6.92 Å². The summed E-state index contributed by atoms with van der Waals surface area (Å²) in [5.74, 6) is -0.258. The van der Waals surface area contributed by atoms with Crippen molar-refractivity contribution >= 4 is 23.4 Å². The second-order valence-corrected chi connectivity index (χ2v) is 7.64. The number of rotatable bonds is 4. The van der Waals surface area contributed by atoms with Gasteiger partial charge < -0.3 is 19.9 Å². The molecule has 0 radical (unpaired) electrons. The lowest BCUT2D eigenvalue weighted by molar-refractivity contribution is -0.134. The van der Waals surface area contributed by atoms with Gasteiger partial charge in [-0.3, -0.25) is 14.4 Å². The highest BCUT2D eigenvalue weighted by atomic mass is 16.5. The second-order valence-electron chi connectivity index (χ2n) is 7.64. The van der Waals surface area contributed by atoms with Gasteiger partial charge in [0.05, 0.1) is 19.3 Å². The lowest BCUT2D eigenvalue weighted by Crippen LogP contribution is -2.44. The molecule has 7 heteroatoms. The first kappa shape index (κ1) is 20.3. The molecule has 0 bridgehead atoms. The highest BCUT2D eigenvalue weighted by Gasteiger charge is 2.23. The molecule has 28 heavy (non-hydrogen) atoms. The number of nitrogens with zero attached hydrogens (tertiary/aromatic N) is 2. The minimum atomic E-state index is -0.233. The van der Waals surface area contributed by atoms with Gasteiger partial charge in [-0.15, -0.1) is 0 Å². The first-order chi connectivity index (χ1) is 13.4. The number of likely N-dealkylation sites (tertiary alicyclic amines) is 1. The molecule has 3 amide bonds. The van der Waals surface area contributed by atoms with E-state index in [0.29, 0.717) is 43.9 Å². The molecule has 0 saturated carbocycles. The Kier molecular flexibility index (Phi) is 6.67. The summed E-state index contributed by atoms with van der Waals surface area (Å²) in [5, 5.41) is 2.88. The van der Waals surface area contributed by atoms with E-state index in [1.54, 1.807) is 21.9 Å². The Labute approximate surface area is 166 Å². The summed E-state index contributed by atoms with van der Waals surface area (Å²) in [4.78, 5) is 40.8. The molecule has 2 fully saturated rings. The van der Waals surface area contributed by atoms with Crippen molar-refractivity contribution in [2.45, 2.75) is 45.6 Å². The van der Waals surface area contributed by atoms with Crippen LogP contribution in [-0.4, -0.2) is 66.4 Å². The number of hydrogen-bond acceptors (Lipinski definition) is 4. The fraction of sp³-hybridized carbons (Fsp3) is 0.571. The molecular formula is C21H29N3O4. The molecule has 2 saturated heterocycles. The number of carbonyl (C=O) groups excluding carboxylic acids is 3. The number of nitrogens with one attached hydrogen (secondary N) is 1. The third-order valence-electron chi connectivity index (χ3n) is 5.29. The van der Waals surface area contributed by atoms with Crippen molar-refractivity contribution in [2.75, 3.05) is 38.1 Å². The monoisotopic (exact) mass is 387 g/mol. The van der Waals surface area contributed by atoms with E-state index < -0.39 is 0 Å². The number of anilines is 1. The van der Waals surface area contributed by atoms with Gasteiger partial charge in [0.1, 0.15) is 0 Å². The predicted molar refractivity (Wildman–Crippen MR) is 106 cm³/mol. The first-order valence-corrected chi connectivity index (χ1v) is 10.0. The van der Waals surface area contributed by atoms with Crippen LogP contribution in [0.4, 0.5) is 5.69 Å². The number of benzene rings is 1. The van der Waals surface area contributed by atoms with Gasteiger partial charge in [0.2, 0.25) is 11.8 Å². The van der Waals surface area contributed by atoms with Crippen LogP contribution in [0.5, 0.6) is 0 Å². The number of amides is 3. The summed E-state index contributed by atoms with van der Waals surface area (Å²) < 4.78 is 5.50. The summed E-state index contributed by atoms with van der Waals surface area (Å²) in [5.41, 5.74) is 2.03. The average Bonchev–Trinajstić information content (AvgIpc) is 2.87. The molecule has 0 spiro atoms. The molecule has 152 valence electrons. The molecule has 7 nitrogen and oxygen atoms in total. The molecule has 2 aliphatic rings. The van der Waals surface area contributed by atoms with E-state index in [1.165, 1.54) is 0 Å². The summed E-state index contributed by atoms with van der Waals surface area (Å²) in [6, 6.07) is 5.34. The quantitative estimate of drug-likeness (QED) is 0.859. The molecule has 0 aliphatic carbocycles. The number of aryl methyl sites for hydroxylation is 1. The summed E-state index contributed by atoms with van der Waals surface area (Å²) in [6.07, 6.45) is 3.37. The van der Waals surface area contributed by atoms with Gasteiger partial charge in [-0.25, -0.2) is 0 Å². The Morgan fingerprint density at radius 1 is 1.21 bits per heavy atom. The van der Waals surface area contributed by atoms with E-state index in [0.717, 1.165) is 24.8 Å². The molecule has 1 N–H and O–H groups in total. The van der Waals surface area contributed by atoms with Gasteiger partial charge in [0.15, 0.2) is 0 Å². The molecule has 3 rings (SSSR count). The Bertz CT molecular complexity index is 749. The minimum Gasteiger partial charge on any atom is -0.375 e. The van der Waals surface area contributed by atoms with Crippen LogP contribution in [0.1, 0.15) is 48.5 Å². The maximum absolute atomic E-state index is 12.8. The van der Waals surface area contributed by atoms with Gasteiger partial charge >= 0.3 is 0 Å². The minimum absolute atomic E-state index is 0.0217. The highest BCUT2D eigenvalue weighted by Crippen LogP contribution is 2.20. The zero-order chi connectivity index (χ0) is 20.1. The van der Waals surface area contributed by atoms with Crippen molar-refractivity contribution in [1.82, 2.24) is 9.80 Å². The maximum atomic E-state index is 12.8. The smallest absolute Gasteiger partial charge is 0.254 e. The van der Waals surface area contributed by atoms with E-state index in [1.807, 2.05) is 19.9 Å². The van der Waals surface area contributed by atoms with Crippen molar-refractivity contribution in [3.05, 3.63) is 29.3 Å². The largest absolute Gasteiger partial charge is 0.375 e. The molecule has 1 aromatic rings. The third-order valence-corrected chi connectivity index (χ3v) is 5.29. The molecule has 0 aromatic heterocycles. The van der Waals surface area contributed by atoms with E-state index in [2.05, 4.69) is 5.32 Å². The van der Waals surface area contributed by atoms with Crippen LogP contribution < -0.4 is 5.32 Å². The lowest BCUT2D eigenvalue weighted by atomic mass is 10.1. The van der Waals surface area contributed by atoms with Gasteiger partial charge in [0.25, 0.3) is 5.91 Å². The van der Waals surface area contributed by atoms with Crippen molar-refractivity contribution in [1.29, 1.82) is 0 Å². The van der Waals surface area contributed by atoms with Gasteiger partial charge in [-0.2, -0.15) is 0 Å². The molecule has 2 aliphatic heterocycles. The third kappa shape index (κ3) is 5.10. The predicted octanol–water partition coefficient (Wildman–Crippen LogP) is 2.20. The summed E-state index contributed by atoms with van der Waals surface area (Å²) in [6.45, 7) is 6.17. The molecule has 1 atom stereocenters. The zero-order valence-corrected chi connectivity index (χ0v) is 16.7. The Hall–Kier alpha value is -2.41. The van der Waals surface area contributed by atoms with Crippen LogP contribution in [-0.2, 0) is 14.3 Å². The summed E-state index contributed by atoms with van der Waals surface area (Å²) >= 11 is 0. The average molecular weight is 387 g/mol. The molecule has 2 heterocycles. The van der Waals surface area contributed by atoms with Gasteiger partial charge in [-0.05, 0) is 44.4 Å². The Morgan fingerprint density at radius 3 is 2.82 bits per heavy atom. The number of carbonyl (C=O) groups is 3. The van der Waals surface area contributed by atoms with Crippen LogP contribution in [0.2, 0.25) is 0 Å². The SMILES string of the molecule is Cc1ccc(C(=O)N2CCOC(C)C2)cc1NC(=O)CN1CCCCCC1=O. The first-order valence-electron chi connectivity index (χ1n) is 10.0. The maximum Gasteiger partial charge on any atom is 0.254 e.